The molecule has 0 radical (unpaired) electrons. The Hall–Kier alpha value is -4.19. The first-order valence-electron chi connectivity index (χ1n) is 9.87. The summed E-state index contributed by atoms with van der Waals surface area (Å²) >= 11 is 0. The maximum atomic E-state index is 13.9. The molecule has 0 saturated heterocycles. The van der Waals surface area contributed by atoms with E-state index in [0.29, 0.717) is 17.2 Å². The van der Waals surface area contributed by atoms with Gasteiger partial charge in [0.2, 0.25) is 5.95 Å². The molecule has 0 unspecified atom stereocenters. The quantitative estimate of drug-likeness (QED) is 0.383. The second-order valence-electron chi connectivity index (χ2n) is 7.00. The van der Waals surface area contributed by atoms with Crippen molar-refractivity contribution in [2.75, 3.05) is 12.4 Å². The molecule has 152 valence electrons. The number of para-hydroxylation sites is 1. The van der Waals surface area contributed by atoms with Crippen molar-refractivity contribution in [1.82, 2.24) is 14.5 Å². The van der Waals surface area contributed by atoms with Crippen molar-refractivity contribution < 1.29 is 9.13 Å². The van der Waals surface area contributed by atoms with E-state index in [4.69, 9.17) is 4.74 Å². The van der Waals surface area contributed by atoms with Gasteiger partial charge in [0.1, 0.15) is 22.8 Å². The van der Waals surface area contributed by atoms with Gasteiger partial charge in [-0.1, -0.05) is 36.4 Å². The molecule has 0 atom stereocenters. The molecular weight excluding hydrogens is 391 g/mol. The molecule has 0 aliphatic heterocycles. The number of halogens is 1. The van der Waals surface area contributed by atoms with Gasteiger partial charge in [-0.05, 0) is 48.5 Å². The molecule has 0 saturated carbocycles. The molecule has 0 bridgehead atoms. The highest BCUT2D eigenvalue weighted by molar-refractivity contribution is 5.84. The Kier molecular flexibility index (Phi) is 4.80. The summed E-state index contributed by atoms with van der Waals surface area (Å²) in [5.41, 5.74) is 3.91. The van der Waals surface area contributed by atoms with Crippen LogP contribution in [0.1, 0.15) is 0 Å². The van der Waals surface area contributed by atoms with Gasteiger partial charge in [-0.3, -0.25) is 9.55 Å². The van der Waals surface area contributed by atoms with Crippen LogP contribution >= 0.6 is 0 Å². The summed E-state index contributed by atoms with van der Waals surface area (Å²) in [5, 5.41) is 3.08. The molecule has 0 spiro atoms. The van der Waals surface area contributed by atoms with Crippen molar-refractivity contribution in [2.24, 2.45) is 0 Å². The van der Waals surface area contributed by atoms with Gasteiger partial charge in [0.05, 0.1) is 23.1 Å². The van der Waals surface area contributed by atoms with Crippen LogP contribution in [-0.2, 0) is 0 Å². The summed E-state index contributed by atoms with van der Waals surface area (Å²) in [4.78, 5) is 9.18. The fourth-order valence-electron chi connectivity index (χ4n) is 3.53. The number of fused-ring (bicyclic) bond motifs is 1. The predicted octanol–water partition coefficient (Wildman–Crippen LogP) is 6.06. The van der Waals surface area contributed by atoms with E-state index in [-0.39, 0.29) is 5.82 Å². The maximum absolute atomic E-state index is 13.9. The van der Waals surface area contributed by atoms with Crippen LogP contribution in [0.5, 0.6) is 11.5 Å². The lowest BCUT2D eigenvalue weighted by molar-refractivity contribution is 0.483. The Labute approximate surface area is 178 Å². The van der Waals surface area contributed by atoms with Crippen molar-refractivity contribution in [2.45, 2.75) is 0 Å². The van der Waals surface area contributed by atoms with Gasteiger partial charge in [-0.15, -0.1) is 0 Å². The number of benzene rings is 3. The first kappa shape index (κ1) is 18.8. The van der Waals surface area contributed by atoms with Gasteiger partial charge in [-0.25, -0.2) is 9.37 Å². The molecule has 0 fully saturated rings. The molecule has 2 aromatic heterocycles. The lowest BCUT2D eigenvalue weighted by Gasteiger charge is -2.10. The molecule has 0 aliphatic carbocycles. The van der Waals surface area contributed by atoms with Crippen molar-refractivity contribution in [1.29, 1.82) is 0 Å². The number of imidazole rings is 1. The van der Waals surface area contributed by atoms with E-state index in [2.05, 4.69) is 15.3 Å². The van der Waals surface area contributed by atoms with Gasteiger partial charge in [0, 0.05) is 12.6 Å². The lowest BCUT2D eigenvalue weighted by Crippen LogP contribution is -2.01. The lowest BCUT2D eigenvalue weighted by atomic mass is 10.1. The number of hydrogen-bond acceptors (Lipinski definition) is 4. The normalized spacial score (nSPS) is 10.9. The third kappa shape index (κ3) is 3.71. The Morgan fingerprint density at radius 1 is 0.871 bits per heavy atom. The second-order valence-corrected chi connectivity index (χ2v) is 7.00. The fraction of sp³-hybridized carbons (Fsp3) is 0.0400. The van der Waals surface area contributed by atoms with Gasteiger partial charge in [0.15, 0.2) is 0 Å². The topological polar surface area (TPSA) is 52.0 Å². The van der Waals surface area contributed by atoms with E-state index in [0.717, 1.165) is 28.3 Å². The number of pyridine rings is 1. The number of ether oxygens (including phenoxy) is 1. The fourth-order valence-corrected chi connectivity index (χ4v) is 3.53. The highest BCUT2D eigenvalue weighted by atomic mass is 19.1. The molecule has 5 nitrogen and oxygen atoms in total. The van der Waals surface area contributed by atoms with E-state index in [1.54, 1.807) is 19.3 Å². The molecule has 6 heteroatoms. The average molecular weight is 410 g/mol. The van der Waals surface area contributed by atoms with Crippen molar-refractivity contribution in [3.05, 3.63) is 96.9 Å². The molecule has 0 aliphatic rings. The Balaban J connectivity index is 1.59. The average Bonchev–Trinajstić information content (AvgIpc) is 3.18. The Morgan fingerprint density at radius 3 is 2.48 bits per heavy atom. The highest BCUT2D eigenvalue weighted by Gasteiger charge is 2.14. The van der Waals surface area contributed by atoms with Crippen LogP contribution in [0.15, 0.2) is 91.1 Å². The molecule has 5 aromatic rings. The summed E-state index contributed by atoms with van der Waals surface area (Å²) in [5.74, 6) is 1.80. The smallest absolute Gasteiger partial charge is 0.208 e. The molecule has 0 amide bonds. The second kappa shape index (κ2) is 7.91. The van der Waals surface area contributed by atoms with Crippen LogP contribution < -0.4 is 10.1 Å². The summed E-state index contributed by atoms with van der Waals surface area (Å²) < 4.78 is 21.7. The maximum Gasteiger partial charge on any atom is 0.208 e. The molecule has 2 heterocycles. The first-order chi connectivity index (χ1) is 15.2. The van der Waals surface area contributed by atoms with Crippen LogP contribution in [0, 0.1) is 5.82 Å². The monoisotopic (exact) mass is 410 g/mol. The zero-order valence-corrected chi connectivity index (χ0v) is 16.8. The van der Waals surface area contributed by atoms with Gasteiger partial charge >= 0.3 is 0 Å². The van der Waals surface area contributed by atoms with Crippen LogP contribution in [-0.4, -0.2) is 21.6 Å². The van der Waals surface area contributed by atoms with E-state index in [1.165, 1.54) is 12.1 Å². The largest absolute Gasteiger partial charge is 0.457 e. The third-order valence-corrected chi connectivity index (χ3v) is 4.94. The SMILES string of the molecule is CNc1nc2cnc(-c3cccc(Oc4ccccc4)c3)cc2n1-c1cccc(F)c1. The van der Waals surface area contributed by atoms with Crippen molar-refractivity contribution in [3.8, 4) is 28.4 Å². The summed E-state index contributed by atoms with van der Waals surface area (Å²) in [7, 11) is 1.79. The van der Waals surface area contributed by atoms with Gasteiger partial charge in [-0.2, -0.15) is 0 Å². The third-order valence-electron chi connectivity index (χ3n) is 4.94. The Bertz CT molecular complexity index is 1360. The van der Waals surface area contributed by atoms with E-state index in [9.17, 15) is 4.39 Å². The number of aromatic nitrogens is 3. The molecular formula is C25H19FN4O. The number of anilines is 1. The van der Waals surface area contributed by atoms with Crippen molar-refractivity contribution >= 4 is 17.0 Å². The van der Waals surface area contributed by atoms with Gasteiger partial charge in [0.25, 0.3) is 0 Å². The summed E-state index contributed by atoms with van der Waals surface area (Å²) in [6.07, 6.45) is 1.73. The minimum Gasteiger partial charge on any atom is -0.457 e. The minimum atomic E-state index is -0.304. The molecule has 5 rings (SSSR count). The number of nitrogens with zero attached hydrogens (tertiary/aromatic N) is 3. The van der Waals surface area contributed by atoms with E-state index in [1.807, 2.05) is 71.3 Å². The molecule has 31 heavy (non-hydrogen) atoms. The first-order valence-corrected chi connectivity index (χ1v) is 9.87. The van der Waals surface area contributed by atoms with Crippen molar-refractivity contribution in [3.63, 3.8) is 0 Å². The zero-order valence-electron chi connectivity index (χ0n) is 16.8. The molecule has 3 aromatic carbocycles. The van der Waals surface area contributed by atoms with Crippen LogP contribution in [0.3, 0.4) is 0 Å². The zero-order chi connectivity index (χ0) is 21.2. The summed E-state index contributed by atoms with van der Waals surface area (Å²) in [6, 6.07) is 25.8. The van der Waals surface area contributed by atoms with Crippen LogP contribution in [0.25, 0.3) is 28.0 Å². The number of hydrogen-bond donors (Lipinski definition) is 1. The number of nitrogens with one attached hydrogen (secondary N) is 1. The summed E-state index contributed by atoms with van der Waals surface area (Å²) in [6.45, 7) is 0. The highest BCUT2D eigenvalue weighted by Crippen LogP contribution is 2.30. The van der Waals surface area contributed by atoms with Crippen LogP contribution in [0.4, 0.5) is 10.3 Å². The minimum absolute atomic E-state index is 0.304. The van der Waals surface area contributed by atoms with E-state index >= 15 is 0 Å². The predicted molar refractivity (Wildman–Crippen MR) is 120 cm³/mol. The van der Waals surface area contributed by atoms with E-state index < -0.39 is 0 Å². The Morgan fingerprint density at radius 2 is 1.68 bits per heavy atom. The van der Waals surface area contributed by atoms with Gasteiger partial charge < -0.3 is 10.1 Å². The molecule has 1 N–H and O–H groups in total. The number of rotatable bonds is 5. The standard InChI is InChI=1S/C25H19FN4O/c1-27-25-29-23-16-28-22(15-24(23)30(25)19-9-6-8-18(26)14-19)17-7-5-12-21(13-17)31-20-10-3-2-4-11-20/h2-16H,1H3,(H,27,29). The van der Waals surface area contributed by atoms with Crippen LogP contribution in [0.2, 0.25) is 0 Å².